The van der Waals surface area contributed by atoms with Crippen LogP contribution in [0.5, 0.6) is 0 Å². The van der Waals surface area contributed by atoms with Gasteiger partial charge in [-0.05, 0) is 18.2 Å². The molecule has 88 valence electrons. The second-order valence-electron chi connectivity index (χ2n) is 3.92. The van der Waals surface area contributed by atoms with E-state index < -0.39 is 0 Å². The average Bonchev–Trinajstić information content (AvgIpc) is 3.02. The molecule has 0 radical (unpaired) electrons. The van der Waals surface area contributed by atoms with Gasteiger partial charge in [-0.1, -0.05) is 30.3 Å². The molecule has 0 unspecified atom stereocenters. The van der Waals surface area contributed by atoms with Crippen molar-refractivity contribution in [2.75, 3.05) is 0 Å². The summed E-state index contributed by atoms with van der Waals surface area (Å²) in [6.07, 6.45) is 6.62. The van der Waals surface area contributed by atoms with Gasteiger partial charge >= 0.3 is 5.97 Å². The third-order valence-electron chi connectivity index (χ3n) is 2.65. The molecule has 18 heavy (non-hydrogen) atoms. The van der Waals surface area contributed by atoms with Gasteiger partial charge in [-0.15, -0.1) is 0 Å². The standard InChI is InChI=1S/C15H10O3/c16-15-13(8-11-6-7-17-10-11)9-14(18-15)12-4-2-1-3-5-12/h1-10H/b13-8+. The summed E-state index contributed by atoms with van der Waals surface area (Å²) in [5, 5.41) is 0. The summed E-state index contributed by atoms with van der Waals surface area (Å²) in [7, 11) is 0. The van der Waals surface area contributed by atoms with Crippen molar-refractivity contribution in [1.29, 1.82) is 0 Å². The van der Waals surface area contributed by atoms with Crippen molar-refractivity contribution >= 4 is 17.8 Å². The maximum Gasteiger partial charge on any atom is 0.343 e. The van der Waals surface area contributed by atoms with E-state index in [0.717, 1.165) is 11.1 Å². The zero-order valence-corrected chi connectivity index (χ0v) is 9.50. The monoisotopic (exact) mass is 238 g/mol. The highest BCUT2D eigenvalue weighted by Crippen LogP contribution is 2.27. The number of furan rings is 1. The van der Waals surface area contributed by atoms with E-state index in [1.807, 2.05) is 30.3 Å². The van der Waals surface area contributed by atoms with E-state index in [2.05, 4.69) is 0 Å². The molecule has 1 aliphatic heterocycles. The fourth-order valence-corrected chi connectivity index (χ4v) is 1.77. The number of benzene rings is 1. The Hall–Kier alpha value is -2.55. The van der Waals surface area contributed by atoms with Gasteiger partial charge in [-0.25, -0.2) is 4.79 Å². The Balaban J connectivity index is 1.95. The number of ether oxygens (including phenoxy) is 1. The number of hydrogen-bond acceptors (Lipinski definition) is 3. The van der Waals surface area contributed by atoms with E-state index in [-0.39, 0.29) is 5.97 Å². The van der Waals surface area contributed by atoms with Crippen LogP contribution in [0.1, 0.15) is 11.1 Å². The molecule has 3 rings (SSSR count). The normalized spacial score (nSPS) is 16.8. The van der Waals surface area contributed by atoms with Gasteiger partial charge in [0.05, 0.1) is 18.1 Å². The first-order valence-corrected chi connectivity index (χ1v) is 5.56. The van der Waals surface area contributed by atoms with Crippen LogP contribution in [-0.2, 0) is 9.53 Å². The minimum Gasteiger partial charge on any atom is -0.472 e. The Bertz CT molecular complexity index is 619. The summed E-state index contributed by atoms with van der Waals surface area (Å²) < 4.78 is 10.2. The Morgan fingerprint density at radius 1 is 1.06 bits per heavy atom. The molecule has 2 aromatic rings. The largest absolute Gasteiger partial charge is 0.472 e. The van der Waals surface area contributed by atoms with Crippen LogP contribution < -0.4 is 0 Å². The molecule has 0 saturated heterocycles. The molecule has 0 bridgehead atoms. The number of carbonyl (C=O) groups excluding carboxylic acids is 1. The van der Waals surface area contributed by atoms with Crippen molar-refractivity contribution in [3.63, 3.8) is 0 Å². The molecule has 1 aromatic carbocycles. The van der Waals surface area contributed by atoms with Crippen LogP contribution in [0.2, 0.25) is 0 Å². The van der Waals surface area contributed by atoms with Crippen molar-refractivity contribution in [3.05, 3.63) is 71.7 Å². The molecule has 0 amide bonds. The zero-order valence-electron chi connectivity index (χ0n) is 9.50. The summed E-state index contributed by atoms with van der Waals surface area (Å²) in [6, 6.07) is 11.3. The summed E-state index contributed by atoms with van der Waals surface area (Å²) in [4.78, 5) is 11.7. The summed E-state index contributed by atoms with van der Waals surface area (Å²) in [6.45, 7) is 0. The highest BCUT2D eigenvalue weighted by Gasteiger charge is 2.21. The van der Waals surface area contributed by atoms with E-state index in [4.69, 9.17) is 9.15 Å². The SMILES string of the molecule is O=C1OC(c2ccccc2)=C/C1=C\c1ccoc1. The maximum absolute atomic E-state index is 11.7. The third-order valence-corrected chi connectivity index (χ3v) is 2.65. The Morgan fingerprint density at radius 2 is 1.89 bits per heavy atom. The first-order valence-electron chi connectivity index (χ1n) is 5.56. The van der Waals surface area contributed by atoms with Crippen molar-refractivity contribution in [2.24, 2.45) is 0 Å². The fraction of sp³-hybridized carbons (Fsp3) is 0. The van der Waals surface area contributed by atoms with E-state index in [1.165, 1.54) is 0 Å². The van der Waals surface area contributed by atoms with Gasteiger partial charge in [0, 0.05) is 11.1 Å². The minimum absolute atomic E-state index is 0.338. The van der Waals surface area contributed by atoms with Gasteiger partial charge in [0.25, 0.3) is 0 Å². The fourth-order valence-electron chi connectivity index (χ4n) is 1.77. The lowest BCUT2D eigenvalue weighted by Crippen LogP contribution is -1.96. The van der Waals surface area contributed by atoms with E-state index in [0.29, 0.717) is 11.3 Å². The lowest BCUT2D eigenvalue weighted by molar-refractivity contribution is -0.130. The summed E-state index contributed by atoms with van der Waals surface area (Å²) >= 11 is 0. The Morgan fingerprint density at radius 3 is 2.61 bits per heavy atom. The van der Waals surface area contributed by atoms with Crippen molar-refractivity contribution in [1.82, 2.24) is 0 Å². The van der Waals surface area contributed by atoms with Crippen LogP contribution in [0.4, 0.5) is 0 Å². The van der Waals surface area contributed by atoms with Crippen LogP contribution in [0.3, 0.4) is 0 Å². The average molecular weight is 238 g/mol. The van der Waals surface area contributed by atoms with Crippen LogP contribution in [0.15, 0.2) is 65.0 Å². The molecule has 0 spiro atoms. The molecule has 0 saturated carbocycles. The summed E-state index contributed by atoms with van der Waals surface area (Å²) in [5.74, 6) is 0.241. The smallest absolute Gasteiger partial charge is 0.343 e. The van der Waals surface area contributed by atoms with Gasteiger partial charge in [0.1, 0.15) is 5.76 Å². The van der Waals surface area contributed by atoms with Crippen LogP contribution in [0.25, 0.3) is 11.8 Å². The van der Waals surface area contributed by atoms with Crippen LogP contribution in [0, 0.1) is 0 Å². The number of hydrogen-bond donors (Lipinski definition) is 0. The third kappa shape index (κ3) is 1.98. The maximum atomic E-state index is 11.7. The molecule has 0 atom stereocenters. The molecule has 1 aromatic heterocycles. The summed E-state index contributed by atoms with van der Waals surface area (Å²) in [5.41, 5.74) is 2.25. The number of rotatable bonds is 2. The quantitative estimate of drug-likeness (QED) is 0.595. The number of cyclic esters (lactones) is 1. The van der Waals surface area contributed by atoms with Gasteiger partial charge in [0.15, 0.2) is 0 Å². The number of carbonyl (C=O) groups is 1. The highest BCUT2D eigenvalue weighted by atomic mass is 16.5. The molecular weight excluding hydrogens is 228 g/mol. The van der Waals surface area contributed by atoms with Crippen molar-refractivity contribution in [2.45, 2.75) is 0 Å². The molecule has 1 aliphatic rings. The van der Waals surface area contributed by atoms with Crippen LogP contribution in [-0.4, -0.2) is 5.97 Å². The van der Waals surface area contributed by atoms with Gasteiger partial charge in [-0.3, -0.25) is 0 Å². The van der Waals surface area contributed by atoms with Crippen molar-refractivity contribution in [3.8, 4) is 0 Å². The molecule has 2 heterocycles. The molecule has 0 fully saturated rings. The molecule has 3 heteroatoms. The lowest BCUT2D eigenvalue weighted by Gasteiger charge is -1.99. The second-order valence-corrected chi connectivity index (χ2v) is 3.92. The second kappa shape index (κ2) is 4.37. The van der Waals surface area contributed by atoms with E-state index in [1.54, 1.807) is 30.7 Å². The zero-order chi connectivity index (χ0) is 12.4. The van der Waals surface area contributed by atoms with Gasteiger partial charge < -0.3 is 9.15 Å². The van der Waals surface area contributed by atoms with E-state index >= 15 is 0 Å². The predicted molar refractivity (Wildman–Crippen MR) is 67.2 cm³/mol. The van der Waals surface area contributed by atoms with Crippen molar-refractivity contribution < 1.29 is 13.9 Å². The lowest BCUT2D eigenvalue weighted by atomic mass is 10.1. The first kappa shape index (κ1) is 10.6. The molecule has 0 aliphatic carbocycles. The van der Waals surface area contributed by atoms with Crippen LogP contribution >= 0.6 is 0 Å². The predicted octanol–water partition coefficient (Wildman–Crippen LogP) is 3.26. The minimum atomic E-state index is -0.338. The Labute approximate surface area is 104 Å². The highest BCUT2D eigenvalue weighted by molar-refractivity contribution is 6.05. The topological polar surface area (TPSA) is 39.4 Å². The van der Waals surface area contributed by atoms with E-state index in [9.17, 15) is 4.79 Å². The van der Waals surface area contributed by atoms with Gasteiger partial charge in [-0.2, -0.15) is 0 Å². The van der Waals surface area contributed by atoms with Gasteiger partial charge in [0.2, 0.25) is 0 Å². The Kier molecular flexibility index (Phi) is 2.57. The molecule has 0 N–H and O–H groups in total. The molecular formula is C15H10O3. The first-order chi connectivity index (χ1) is 8.83. The molecule has 3 nitrogen and oxygen atoms in total. The number of esters is 1.